The Kier molecular flexibility index (Phi) is 7.77. The van der Waals surface area contributed by atoms with Crippen LogP contribution in [-0.4, -0.2) is 10.5 Å². The van der Waals surface area contributed by atoms with Gasteiger partial charge in [-0.25, -0.2) is 0 Å². The number of hydrogen-bond acceptors (Lipinski definition) is 1. The van der Waals surface area contributed by atoms with Gasteiger partial charge < -0.3 is 0 Å². The Bertz CT molecular complexity index is 151. The van der Waals surface area contributed by atoms with E-state index in [2.05, 4.69) is 60.2 Å². The van der Waals surface area contributed by atoms with E-state index in [0.29, 0.717) is 0 Å². The minimum absolute atomic E-state index is 0.763. The first-order valence-corrected chi connectivity index (χ1v) is 7.53. The van der Waals surface area contributed by atoms with Gasteiger partial charge in [0.15, 0.2) is 0 Å². The molecule has 0 nitrogen and oxygen atoms in total. The van der Waals surface area contributed by atoms with Gasteiger partial charge in [0, 0.05) is 5.25 Å². The van der Waals surface area contributed by atoms with Crippen LogP contribution in [-0.2, 0) is 0 Å². The van der Waals surface area contributed by atoms with E-state index in [1.165, 1.54) is 12.8 Å². The van der Waals surface area contributed by atoms with Gasteiger partial charge in [-0.2, -0.15) is 11.8 Å². The topological polar surface area (TPSA) is 0 Å². The zero-order valence-corrected chi connectivity index (χ0v) is 12.5. The lowest BCUT2D eigenvalue weighted by molar-refractivity contribution is 0.237. The fourth-order valence-electron chi connectivity index (χ4n) is 2.78. The average molecular weight is 230 g/mol. The van der Waals surface area contributed by atoms with Crippen molar-refractivity contribution in [3.63, 3.8) is 0 Å². The summed E-state index contributed by atoms with van der Waals surface area (Å²) in [4.78, 5) is 0. The molecule has 0 aliphatic carbocycles. The van der Waals surface area contributed by atoms with E-state index in [9.17, 15) is 0 Å². The maximum Gasteiger partial charge on any atom is 0.00522 e. The van der Waals surface area contributed by atoms with Crippen molar-refractivity contribution in [1.82, 2.24) is 0 Å². The van der Waals surface area contributed by atoms with Crippen LogP contribution < -0.4 is 0 Å². The molecule has 0 fully saturated rings. The Labute approximate surface area is 102 Å². The zero-order chi connectivity index (χ0) is 12.0. The second kappa shape index (κ2) is 7.60. The van der Waals surface area contributed by atoms with Gasteiger partial charge in [-0.05, 0) is 23.0 Å². The van der Waals surface area contributed by atoms with E-state index in [0.717, 1.165) is 28.3 Å². The number of hydrogen-bond donors (Lipinski definition) is 0. The van der Waals surface area contributed by atoms with E-state index >= 15 is 0 Å². The monoisotopic (exact) mass is 230 g/mol. The minimum atomic E-state index is 0.763. The van der Waals surface area contributed by atoms with Crippen LogP contribution in [0.2, 0.25) is 0 Å². The van der Waals surface area contributed by atoms with Gasteiger partial charge in [0.2, 0.25) is 0 Å². The molecule has 3 unspecified atom stereocenters. The van der Waals surface area contributed by atoms with Crippen LogP contribution in [0.25, 0.3) is 0 Å². The standard InChI is InChI=1S/C14H30S/c1-8-13(10(3)4)14(9-2)12(7)15-11(5)6/h10-14H,8-9H2,1-7H3. The van der Waals surface area contributed by atoms with Crippen molar-refractivity contribution in [2.45, 2.75) is 71.8 Å². The molecule has 0 spiro atoms. The van der Waals surface area contributed by atoms with Crippen LogP contribution in [0.3, 0.4) is 0 Å². The fraction of sp³-hybridized carbons (Fsp3) is 1.00. The molecule has 0 amide bonds. The van der Waals surface area contributed by atoms with Crippen molar-refractivity contribution in [3.05, 3.63) is 0 Å². The SMILES string of the molecule is CCC(C(C)C)C(CC)C(C)SC(C)C. The molecule has 0 aliphatic rings. The lowest BCUT2D eigenvalue weighted by Crippen LogP contribution is -2.27. The molecule has 92 valence electrons. The smallest absolute Gasteiger partial charge is 0.00522 e. The summed E-state index contributed by atoms with van der Waals surface area (Å²) < 4.78 is 0. The quantitative estimate of drug-likeness (QED) is 0.577. The normalized spacial score (nSPS) is 18.2. The van der Waals surface area contributed by atoms with E-state index in [-0.39, 0.29) is 0 Å². The molecule has 0 aromatic carbocycles. The first-order valence-electron chi connectivity index (χ1n) is 6.59. The molecule has 0 rings (SSSR count). The first kappa shape index (κ1) is 15.3. The summed E-state index contributed by atoms with van der Waals surface area (Å²) in [6.07, 6.45) is 2.66. The number of rotatable bonds is 7. The van der Waals surface area contributed by atoms with E-state index in [1.54, 1.807) is 0 Å². The van der Waals surface area contributed by atoms with Crippen LogP contribution in [0, 0.1) is 17.8 Å². The van der Waals surface area contributed by atoms with Crippen molar-refractivity contribution in [1.29, 1.82) is 0 Å². The summed E-state index contributed by atoms with van der Waals surface area (Å²) in [6.45, 7) is 16.5. The molecule has 3 atom stereocenters. The molecule has 15 heavy (non-hydrogen) atoms. The third-order valence-electron chi connectivity index (χ3n) is 3.44. The van der Waals surface area contributed by atoms with Crippen LogP contribution in [0.15, 0.2) is 0 Å². The molecule has 0 radical (unpaired) electrons. The molecular weight excluding hydrogens is 200 g/mol. The van der Waals surface area contributed by atoms with E-state index < -0.39 is 0 Å². The van der Waals surface area contributed by atoms with Crippen LogP contribution >= 0.6 is 11.8 Å². The fourth-order valence-corrected chi connectivity index (χ4v) is 4.24. The molecule has 0 aromatic rings. The Morgan fingerprint density at radius 2 is 1.27 bits per heavy atom. The maximum absolute atomic E-state index is 2.42. The van der Waals surface area contributed by atoms with Crippen molar-refractivity contribution in [2.24, 2.45) is 17.8 Å². The molecule has 0 saturated carbocycles. The van der Waals surface area contributed by atoms with Gasteiger partial charge in [0.1, 0.15) is 0 Å². The Hall–Kier alpha value is 0.350. The van der Waals surface area contributed by atoms with Crippen molar-refractivity contribution in [2.75, 3.05) is 0 Å². The Morgan fingerprint density at radius 1 is 0.800 bits per heavy atom. The third-order valence-corrected chi connectivity index (χ3v) is 4.76. The second-order valence-corrected chi connectivity index (χ2v) is 7.24. The van der Waals surface area contributed by atoms with Crippen LogP contribution in [0.5, 0.6) is 0 Å². The van der Waals surface area contributed by atoms with Gasteiger partial charge in [0.25, 0.3) is 0 Å². The molecule has 0 N–H and O–H groups in total. The van der Waals surface area contributed by atoms with Crippen LogP contribution in [0.4, 0.5) is 0 Å². The summed E-state index contributed by atoms with van der Waals surface area (Å²) in [5.74, 6) is 2.62. The maximum atomic E-state index is 2.42. The molecular formula is C14H30S. The first-order chi connectivity index (χ1) is 6.93. The molecule has 0 saturated heterocycles. The van der Waals surface area contributed by atoms with Crippen molar-refractivity contribution < 1.29 is 0 Å². The molecule has 0 heterocycles. The average Bonchev–Trinajstić information content (AvgIpc) is 2.11. The highest BCUT2D eigenvalue weighted by Crippen LogP contribution is 2.35. The third kappa shape index (κ3) is 5.29. The van der Waals surface area contributed by atoms with Crippen molar-refractivity contribution in [3.8, 4) is 0 Å². The lowest BCUT2D eigenvalue weighted by atomic mass is 9.78. The summed E-state index contributed by atoms with van der Waals surface area (Å²) in [5, 5.41) is 1.57. The highest BCUT2D eigenvalue weighted by atomic mass is 32.2. The molecule has 0 bridgehead atoms. The second-order valence-electron chi connectivity index (χ2n) is 5.28. The van der Waals surface area contributed by atoms with Gasteiger partial charge in [0.05, 0.1) is 0 Å². The largest absolute Gasteiger partial charge is 0.156 e. The van der Waals surface area contributed by atoms with Gasteiger partial charge in [-0.15, -0.1) is 0 Å². The van der Waals surface area contributed by atoms with Crippen molar-refractivity contribution >= 4 is 11.8 Å². The molecule has 0 aromatic heterocycles. The minimum Gasteiger partial charge on any atom is -0.156 e. The van der Waals surface area contributed by atoms with E-state index in [4.69, 9.17) is 0 Å². The summed E-state index contributed by atoms with van der Waals surface area (Å²) in [6, 6.07) is 0. The van der Waals surface area contributed by atoms with Gasteiger partial charge >= 0.3 is 0 Å². The summed E-state index contributed by atoms with van der Waals surface area (Å²) >= 11 is 2.15. The summed E-state index contributed by atoms with van der Waals surface area (Å²) in [5.41, 5.74) is 0. The highest BCUT2D eigenvalue weighted by Gasteiger charge is 2.27. The Balaban J connectivity index is 4.43. The van der Waals surface area contributed by atoms with Crippen LogP contribution in [0.1, 0.15) is 61.3 Å². The number of thioether (sulfide) groups is 1. The van der Waals surface area contributed by atoms with Gasteiger partial charge in [-0.1, -0.05) is 61.3 Å². The highest BCUT2D eigenvalue weighted by molar-refractivity contribution is 8.00. The summed E-state index contributed by atoms with van der Waals surface area (Å²) in [7, 11) is 0. The Morgan fingerprint density at radius 3 is 1.53 bits per heavy atom. The molecule has 1 heteroatoms. The zero-order valence-electron chi connectivity index (χ0n) is 11.7. The predicted molar refractivity (Wildman–Crippen MR) is 74.6 cm³/mol. The lowest BCUT2D eigenvalue weighted by Gasteiger charge is -2.33. The predicted octanol–water partition coefficient (Wildman–Crippen LogP) is 5.22. The molecule has 0 aliphatic heterocycles. The van der Waals surface area contributed by atoms with E-state index in [1.807, 2.05) is 0 Å². The van der Waals surface area contributed by atoms with Gasteiger partial charge in [-0.3, -0.25) is 0 Å².